The van der Waals surface area contributed by atoms with Gasteiger partial charge in [0.2, 0.25) is 5.95 Å². The standard InChI is InChI=1S/C15H21N5/c1-10-5-4-6-11(2)13(10)14-17-15(19-18-14)20-8-7-16-12(3)9-20/h4-6,12,16H,7-9H2,1-3H3,(H,17,18,19)/t12-/m0/s1. The minimum atomic E-state index is 0.478. The zero-order valence-corrected chi connectivity index (χ0v) is 12.3. The summed E-state index contributed by atoms with van der Waals surface area (Å²) in [5.41, 5.74) is 3.61. The highest BCUT2D eigenvalue weighted by Gasteiger charge is 2.20. The molecule has 20 heavy (non-hydrogen) atoms. The third kappa shape index (κ3) is 2.41. The largest absolute Gasteiger partial charge is 0.337 e. The summed E-state index contributed by atoms with van der Waals surface area (Å²) < 4.78 is 0. The van der Waals surface area contributed by atoms with Gasteiger partial charge in [0.25, 0.3) is 0 Å². The third-order valence-electron chi connectivity index (χ3n) is 3.84. The Labute approximate surface area is 119 Å². The van der Waals surface area contributed by atoms with Crippen molar-refractivity contribution in [2.75, 3.05) is 24.5 Å². The van der Waals surface area contributed by atoms with E-state index in [-0.39, 0.29) is 0 Å². The van der Waals surface area contributed by atoms with Gasteiger partial charge in [-0.2, -0.15) is 4.98 Å². The summed E-state index contributed by atoms with van der Waals surface area (Å²) in [5, 5.41) is 10.9. The van der Waals surface area contributed by atoms with Gasteiger partial charge in [0.15, 0.2) is 5.82 Å². The first kappa shape index (κ1) is 13.1. The smallest absolute Gasteiger partial charge is 0.245 e. The topological polar surface area (TPSA) is 56.8 Å². The minimum absolute atomic E-state index is 0.478. The molecule has 5 heteroatoms. The second-order valence-electron chi connectivity index (χ2n) is 5.55. The van der Waals surface area contributed by atoms with Gasteiger partial charge in [-0.15, -0.1) is 5.10 Å². The van der Waals surface area contributed by atoms with E-state index in [1.165, 1.54) is 11.1 Å². The molecule has 5 nitrogen and oxygen atoms in total. The maximum atomic E-state index is 4.69. The predicted octanol–water partition coefficient (Wildman–Crippen LogP) is 1.89. The van der Waals surface area contributed by atoms with E-state index in [0.717, 1.165) is 37.0 Å². The Hall–Kier alpha value is -1.88. The Kier molecular flexibility index (Phi) is 3.44. The number of nitrogens with zero attached hydrogens (tertiary/aromatic N) is 3. The van der Waals surface area contributed by atoms with Crippen LogP contribution in [-0.2, 0) is 0 Å². The van der Waals surface area contributed by atoms with Crippen molar-refractivity contribution in [1.29, 1.82) is 0 Å². The number of rotatable bonds is 2. The van der Waals surface area contributed by atoms with Crippen molar-refractivity contribution in [1.82, 2.24) is 20.5 Å². The van der Waals surface area contributed by atoms with Crippen LogP contribution >= 0.6 is 0 Å². The van der Waals surface area contributed by atoms with E-state index < -0.39 is 0 Å². The summed E-state index contributed by atoms with van der Waals surface area (Å²) in [6.07, 6.45) is 0. The molecule has 2 N–H and O–H groups in total. The fraction of sp³-hybridized carbons (Fsp3) is 0.467. The molecule has 1 aliphatic heterocycles. The van der Waals surface area contributed by atoms with E-state index in [2.05, 4.69) is 59.4 Å². The molecule has 1 fully saturated rings. The summed E-state index contributed by atoms with van der Waals surface area (Å²) in [6, 6.07) is 6.77. The lowest BCUT2D eigenvalue weighted by atomic mass is 10.0. The first-order valence-electron chi connectivity index (χ1n) is 7.12. The molecule has 0 amide bonds. The van der Waals surface area contributed by atoms with Crippen LogP contribution in [0.1, 0.15) is 18.1 Å². The van der Waals surface area contributed by atoms with Gasteiger partial charge in [0.05, 0.1) is 0 Å². The van der Waals surface area contributed by atoms with E-state index in [9.17, 15) is 0 Å². The first-order chi connectivity index (χ1) is 9.65. The molecule has 2 heterocycles. The Bertz CT molecular complexity index is 584. The van der Waals surface area contributed by atoms with Crippen molar-refractivity contribution >= 4 is 5.95 Å². The van der Waals surface area contributed by atoms with E-state index in [1.54, 1.807) is 0 Å². The molecular weight excluding hydrogens is 250 g/mol. The molecule has 0 bridgehead atoms. The lowest BCUT2D eigenvalue weighted by molar-refractivity contribution is 0.480. The molecule has 0 spiro atoms. The third-order valence-corrected chi connectivity index (χ3v) is 3.84. The summed E-state index contributed by atoms with van der Waals surface area (Å²) in [5.74, 6) is 1.66. The fourth-order valence-electron chi connectivity index (χ4n) is 2.81. The highest BCUT2D eigenvalue weighted by Crippen LogP contribution is 2.25. The van der Waals surface area contributed by atoms with Gasteiger partial charge in [0, 0.05) is 31.2 Å². The van der Waals surface area contributed by atoms with E-state index in [0.29, 0.717) is 6.04 Å². The number of hydrogen-bond donors (Lipinski definition) is 2. The molecule has 0 aliphatic carbocycles. The highest BCUT2D eigenvalue weighted by molar-refractivity contribution is 5.65. The van der Waals surface area contributed by atoms with E-state index in [1.807, 2.05) is 0 Å². The molecule has 2 aromatic rings. The van der Waals surface area contributed by atoms with E-state index in [4.69, 9.17) is 4.98 Å². The first-order valence-corrected chi connectivity index (χ1v) is 7.12. The molecule has 1 atom stereocenters. The van der Waals surface area contributed by atoms with Crippen LogP contribution in [0.25, 0.3) is 11.4 Å². The number of aryl methyl sites for hydroxylation is 2. The molecular formula is C15H21N5. The van der Waals surface area contributed by atoms with Gasteiger partial charge in [-0.1, -0.05) is 18.2 Å². The summed E-state index contributed by atoms with van der Waals surface area (Å²) in [6.45, 7) is 9.28. The zero-order chi connectivity index (χ0) is 14.1. The summed E-state index contributed by atoms with van der Waals surface area (Å²) >= 11 is 0. The van der Waals surface area contributed by atoms with Crippen LogP contribution in [0.2, 0.25) is 0 Å². The number of benzene rings is 1. The van der Waals surface area contributed by atoms with Gasteiger partial charge < -0.3 is 10.2 Å². The highest BCUT2D eigenvalue weighted by atomic mass is 15.4. The van der Waals surface area contributed by atoms with Crippen LogP contribution < -0.4 is 10.2 Å². The molecule has 1 saturated heterocycles. The molecule has 0 saturated carbocycles. The Morgan fingerprint density at radius 1 is 1.25 bits per heavy atom. The van der Waals surface area contributed by atoms with Crippen molar-refractivity contribution in [2.45, 2.75) is 26.8 Å². The number of anilines is 1. The fourth-order valence-corrected chi connectivity index (χ4v) is 2.81. The normalized spacial score (nSPS) is 19.4. The average Bonchev–Trinajstić information content (AvgIpc) is 2.88. The van der Waals surface area contributed by atoms with Crippen LogP contribution in [0.15, 0.2) is 18.2 Å². The quantitative estimate of drug-likeness (QED) is 0.875. The summed E-state index contributed by atoms with van der Waals surface area (Å²) in [7, 11) is 0. The molecule has 1 aliphatic rings. The summed E-state index contributed by atoms with van der Waals surface area (Å²) in [4.78, 5) is 6.92. The number of hydrogen-bond acceptors (Lipinski definition) is 4. The van der Waals surface area contributed by atoms with Crippen molar-refractivity contribution < 1.29 is 0 Å². The molecule has 0 radical (unpaired) electrons. The molecule has 1 aromatic carbocycles. The van der Waals surface area contributed by atoms with Crippen LogP contribution in [-0.4, -0.2) is 40.9 Å². The molecule has 106 valence electrons. The molecule has 0 unspecified atom stereocenters. The number of piperazine rings is 1. The Balaban J connectivity index is 1.90. The molecule has 1 aromatic heterocycles. The predicted molar refractivity (Wildman–Crippen MR) is 81.0 cm³/mol. The van der Waals surface area contributed by atoms with Gasteiger partial charge >= 0.3 is 0 Å². The van der Waals surface area contributed by atoms with Crippen LogP contribution in [0.4, 0.5) is 5.95 Å². The van der Waals surface area contributed by atoms with E-state index >= 15 is 0 Å². The van der Waals surface area contributed by atoms with Crippen molar-refractivity contribution in [3.63, 3.8) is 0 Å². The number of H-pyrrole nitrogens is 1. The number of aromatic nitrogens is 3. The number of aromatic amines is 1. The van der Waals surface area contributed by atoms with Crippen molar-refractivity contribution in [3.05, 3.63) is 29.3 Å². The van der Waals surface area contributed by atoms with Crippen LogP contribution in [0.3, 0.4) is 0 Å². The second-order valence-corrected chi connectivity index (χ2v) is 5.55. The molecule has 3 rings (SSSR count). The Morgan fingerprint density at radius 3 is 2.70 bits per heavy atom. The SMILES string of the molecule is Cc1cccc(C)c1-c1nc(N2CCN[C@@H](C)C2)n[nH]1. The van der Waals surface area contributed by atoms with Gasteiger partial charge in [-0.25, -0.2) is 0 Å². The van der Waals surface area contributed by atoms with Crippen LogP contribution in [0, 0.1) is 13.8 Å². The number of nitrogens with one attached hydrogen (secondary N) is 2. The maximum Gasteiger partial charge on any atom is 0.245 e. The monoisotopic (exact) mass is 271 g/mol. The minimum Gasteiger partial charge on any atom is -0.337 e. The van der Waals surface area contributed by atoms with Gasteiger partial charge in [0.1, 0.15) is 0 Å². The second kappa shape index (κ2) is 5.25. The van der Waals surface area contributed by atoms with Crippen LogP contribution in [0.5, 0.6) is 0 Å². The van der Waals surface area contributed by atoms with Gasteiger partial charge in [-0.3, -0.25) is 5.10 Å². The lowest BCUT2D eigenvalue weighted by Gasteiger charge is -2.30. The Morgan fingerprint density at radius 2 is 2.00 bits per heavy atom. The lowest BCUT2D eigenvalue weighted by Crippen LogP contribution is -2.49. The average molecular weight is 271 g/mol. The van der Waals surface area contributed by atoms with Crippen molar-refractivity contribution in [3.8, 4) is 11.4 Å². The maximum absolute atomic E-state index is 4.69. The zero-order valence-electron chi connectivity index (χ0n) is 12.3. The van der Waals surface area contributed by atoms with Gasteiger partial charge in [-0.05, 0) is 31.9 Å². The van der Waals surface area contributed by atoms with Crippen molar-refractivity contribution in [2.24, 2.45) is 0 Å².